The molecule has 1 aliphatic rings. The molecule has 1 aliphatic heterocycles. The van der Waals surface area contributed by atoms with Gasteiger partial charge >= 0.3 is 0 Å². The Hall–Kier alpha value is -0.0900. The number of hydrogen-bond donors (Lipinski definition) is 1. The standard InChI is InChI=1S/C8H17NO2S/c1-8(2,3)9-12(11)5-7(4-10)6-12/h7,10H,4-6H2,1-3H3. The van der Waals surface area contributed by atoms with Crippen molar-refractivity contribution in [3.63, 3.8) is 0 Å². The largest absolute Gasteiger partial charge is 0.396 e. The van der Waals surface area contributed by atoms with Gasteiger partial charge in [0.2, 0.25) is 0 Å². The molecule has 1 saturated heterocycles. The molecule has 0 radical (unpaired) electrons. The fourth-order valence-corrected chi connectivity index (χ4v) is 4.10. The molecule has 1 fully saturated rings. The second-order valence-corrected chi connectivity index (χ2v) is 6.81. The van der Waals surface area contributed by atoms with Crippen LogP contribution in [0.4, 0.5) is 0 Å². The van der Waals surface area contributed by atoms with Crippen molar-refractivity contribution in [2.24, 2.45) is 10.3 Å². The van der Waals surface area contributed by atoms with Gasteiger partial charge in [0.05, 0.1) is 5.54 Å². The van der Waals surface area contributed by atoms with E-state index in [9.17, 15) is 4.21 Å². The van der Waals surface area contributed by atoms with Crippen molar-refractivity contribution >= 4 is 9.73 Å². The monoisotopic (exact) mass is 191 g/mol. The molecule has 0 spiro atoms. The summed E-state index contributed by atoms with van der Waals surface area (Å²) in [6, 6.07) is 0. The molecule has 0 amide bonds. The van der Waals surface area contributed by atoms with Gasteiger partial charge in [-0.2, -0.15) is 0 Å². The van der Waals surface area contributed by atoms with Crippen LogP contribution in [0.1, 0.15) is 20.8 Å². The van der Waals surface area contributed by atoms with Crippen LogP contribution in [0.2, 0.25) is 0 Å². The van der Waals surface area contributed by atoms with Gasteiger partial charge in [-0.25, -0.2) is 8.57 Å². The van der Waals surface area contributed by atoms with E-state index in [0.717, 1.165) is 0 Å². The van der Waals surface area contributed by atoms with Crippen molar-refractivity contribution in [1.29, 1.82) is 0 Å². The summed E-state index contributed by atoms with van der Waals surface area (Å²) in [5, 5.41) is 8.75. The fourth-order valence-electron chi connectivity index (χ4n) is 1.37. The van der Waals surface area contributed by atoms with Crippen molar-refractivity contribution in [1.82, 2.24) is 0 Å². The highest BCUT2D eigenvalue weighted by Gasteiger charge is 2.32. The molecule has 1 heterocycles. The third-order valence-corrected chi connectivity index (χ3v) is 4.56. The van der Waals surface area contributed by atoms with E-state index < -0.39 is 9.73 Å². The minimum Gasteiger partial charge on any atom is -0.396 e. The summed E-state index contributed by atoms with van der Waals surface area (Å²) in [6.45, 7) is 6.00. The normalized spacial score (nSPS) is 35.8. The molecule has 1 rings (SSSR count). The van der Waals surface area contributed by atoms with E-state index in [1.54, 1.807) is 0 Å². The van der Waals surface area contributed by atoms with E-state index in [-0.39, 0.29) is 18.1 Å². The molecular formula is C8H17NO2S. The molecule has 0 atom stereocenters. The summed E-state index contributed by atoms with van der Waals surface area (Å²) >= 11 is 0. The first-order valence-corrected chi connectivity index (χ1v) is 6.04. The van der Waals surface area contributed by atoms with Crippen LogP contribution in [-0.2, 0) is 9.73 Å². The number of nitrogens with zero attached hydrogens (tertiary/aromatic N) is 1. The predicted octanol–water partition coefficient (Wildman–Crippen LogP) is 0.875. The Morgan fingerprint density at radius 3 is 2.33 bits per heavy atom. The van der Waals surface area contributed by atoms with Crippen LogP contribution < -0.4 is 0 Å². The Bertz CT molecular complexity index is 259. The predicted molar refractivity (Wildman–Crippen MR) is 50.6 cm³/mol. The molecule has 12 heavy (non-hydrogen) atoms. The zero-order valence-electron chi connectivity index (χ0n) is 7.91. The van der Waals surface area contributed by atoms with E-state index in [0.29, 0.717) is 11.5 Å². The number of aliphatic hydroxyl groups excluding tert-OH is 1. The second kappa shape index (κ2) is 3.00. The highest BCUT2D eigenvalue weighted by molar-refractivity contribution is 7.95. The summed E-state index contributed by atoms with van der Waals surface area (Å²) in [4.78, 5) is 0. The van der Waals surface area contributed by atoms with Gasteiger partial charge in [0.25, 0.3) is 0 Å². The molecular weight excluding hydrogens is 174 g/mol. The Kier molecular flexibility index (Phi) is 2.50. The Morgan fingerprint density at radius 1 is 1.50 bits per heavy atom. The average Bonchev–Trinajstić information content (AvgIpc) is 1.78. The van der Waals surface area contributed by atoms with Gasteiger partial charge in [-0.1, -0.05) is 0 Å². The molecule has 0 unspecified atom stereocenters. The SMILES string of the molecule is CC(C)(C)N=S1(=O)CC(CO)C1. The third-order valence-electron chi connectivity index (χ3n) is 1.69. The first kappa shape index (κ1) is 9.99. The van der Waals surface area contributed by atoms with Crippen LogP contribution in [0, 0.1) is 5.92 Å². The van der Waals surface area contributed by atoms with Crippen LogP contribution in [0.15, 0.2) is 4.36 Å². The second-order valence-electron chi connectivity index (χ2n) is 4.42. The van der Waals surface area contributed by atoms with Crippen molar-refractivity contribution in [2.45, 2.75) is 26.3 Å². The van der Waals surface area contributed by atoms with Gasteiger partial charge in [0.1, 0.15) is 0 Å². The highest BCUT2D eigenvalue weighted by atomic mass is 32.2. The Labute approximate surface area is 74.4 Å². The first-order valence-electron chi connectivity index (χ1n) is 4.19. The van der Waals surface area contributed by atoms with E-state index in [1.165, 1.54) is 0 Å². The van der Waals surface area contributed by atoms with E-state index >= 15 is 0 Å². The zero-order chi connectivity index (χ0) is 9.41. The van der Waals surface area contributed by atoms with Crippen LogP contribution in [0.5, 0.6) is 0 Å². The smallest absolute Gasteiger partial charge is 0.0618 e. The number of hydrogen-bond acceptors (Lipinski definition) is 3. The molecule has 0 aromatic rings. The van der Waals surface area contributed by atoms with Crippen LogP contribution >= 0.6 is 0 Å². The zero-order valence-corrected chi connectivity index (χ0v) is 8.73. The topological polar surface area (TPSA) is 49.7 Å². The quantitative estimate of drug-likeness (QED) is 0.668. The summed E-state index contributed by atoms with van der Waals surface area (Å²) < 4.78 is 16.0. The van der Waals surface area contributed by atoms with Crippen molar-refractivity contribution in [3.8, 4) is 0 Å². The first-order chi connectivity index (χ1) is 5.35. The van der Waals surface area contributed by atoms with Gasteiger partial charge in [-0.15, -0.1) is 0 Å². The molecule has 0 aliphatic carbocycles. The number of aliphatic hydroxyl groups is 1. The van der Waals surface area contributed by atoms with Gasteiger partial charge in [0.15, 0.2) is 0 Å². The molecule has 4 heteroatoms. The van der Waals surface area contributed by atoms with Crippen LogP contribution in [0.25, 0.3) is 0 Å². The molecule has 0 aromatic carbocycles. The van der Waals surface area contributed by atoms with Crippen molar-refractivity contribution in [2.75, 3.05) is 18.1 Å². The molecule has 3 nitrogen and oxygen atoms in total. The molecule has 0 bridgehead atoms. The summed E-state index contributed by atoms with van der Waals surface area (Å²) in [5.74, 6) is 1.39. The van der Waals surface area contributed by atoms with Crippen molar-refractivity contribution in [3.05, 3.63) is 0 Å². The fraction of sp³-hybridized carbons (Fsp3) is 1.00. The van der Waals surface area contributed by atoms with Crippen molar-refractivity contribution < 1.29 is 9.32 Å². The maximum absolute atomic E-state index is 11.7. The Balaban J connectivity index is 2.67. The Morgan fingerprint density at radius 2 is 2.00 bits per heavy atom. The highest BCUT2D eigenvalue weighted by Crippen LogP contribution is 2.24. The lowest BCUT2D eigenvalue weighted by atomic mass is 10.1. The average molecular weight is 191 g/mol. The lowest BCUT2D eigenvalue weighted by molar-refractivity contribution is 0.243. The minimum absolute atomic E-state index is 0.149. The lowest BCUT2D eigenvalue weighted by Gasteiger charge is -2.30. The molecule has 1 N–H and O–H groups in total. The summed E-state index contributed by atoms with van der Waals surface area (Å²) in [6.07, 6.45) is 0. The van der Waals surface area contributed by atoms with Crippen LogP contribution in [-0.4, -0.2) is 33.0 Å². The number of rotatable bonds is 1. The van der Waals surface area contributed by atoms with Crippen LogP contribution in [0.3, 0.4) is 0 Å². The van der Waals surface area contributed by atoms with E-state index in [4.69, 9.17) is 5.11 Å². The van der Waals surface area contributed by atoms with E-state index in [2.05, 4.69) is 4.36 Å². The molecule has 0 aromatic heterocycles. The molecule has 72 valence electrons. The third kappa shape index (κ3) is 2.45. The van der Waals surface area contributed by atoms with Gasteiger partial charge in [0, 0.05) is 33.8 Å². The lowest BCUT2D eigenvalue weighted by Crippen LogP contribution is -2.39. The maximum atomic E-state index is 11.7. The van der Waals surface area contributed by atoms with Gasteiger partial charge in [-0.05, 0) is 20.8 Å². The maximum Gasteiger partial charge on any atom is 0.0618 e. The van der Waals surface area contributed by atoms with Gasteiger partial charge in [-0.3, -0.25) is 0 Å². The minimum atomic E-state index is -1.94. The summed E-state index contributed by atoms with van der Waals surface area (Å²) in [5.41, 5.74) is -0.211. The van der Waals surface area contributed by atoms with E-state index in [1.807, 2.05) is 20.8 Å². The summed E-state index contributed by atoms with van der Waals surface area (Å²) in [7, 11) is -1.94. The van der Waals surface area contributed by atoms with Gasteiger partial charge < -0.3 is 5.11 Å². The molecule has 0 saturated carbocycles.